The Labute approximate surface area is 127 Å². The van der Waals surface area contributed by atoms with Crippen molar-refractivity contribution in [3.05, 3.63) is 78.1 Å². The van der Waals surface area contributed by atoms with Crippen molar-refractivity contribution in [1.82, 2.24) is 0 Å². The van der Waals surface area contributed by atoms with E-state index < -0.39 is 5.97 Å². The molecule has 0 atom stereocenters. The van der Waals surface area contributed by atoms with Gasteiger partial charge in [-0.15, -0.1) is 0 Å². The second-order valence-corrected chi connectivity index (χ2v) is 4.77. The summed E-state index contributed by atoms with van der Waals surface area (Å²) < 4.78 is 11.0. The summed E-state index contributed by atoms with van der Waals surface area (Å²) in [6.45, 7) is 0.475. The maximum absolute atomic E-state index is 10.9. The third-order valence-electron chi connectivity index (χ3n) is 3.18. The fourth-order valence-corrected chi connectivity index (χ4v) is 2.09. The van der Waals surface area contributed by atoms with Gasteiger partial charge in [0.1, 0.15) is 18.1 Å². The molecular weight excluding hydrogens is 280 g/mol. The lowest BCUT2D eigenvalue weighted by Gasteiger charge is -2.07. The molecular formula is C18H14O4. The van der Waals surface area contributed by atoms with E-state index in [9.17, 15) is 4.79 Å². The molecule has 0 spiro atoms. The van der Waals surface area contributed by atoms with Crippen molar-refractivity contribution in [2.75, 3.05) is 0 Å². The zero-order chi connectivity index (χ0) is 15.4. The zero-order valence-electron chi connectivity index (χ0n) is 11.7. The molecule has 0 saturated carbocycles. The Morgan fingerprint density at radius 2 is 1.82 bits per heavy atom. The van der Waals surface area contributed by atoms with Crippen LogP contribution in [0.2, 0.25) is 0 Å². The van der Waals surface area contributed by atoms with E-state index in [0.717, 1.165) is 11.1 Å². The van der Waals surface area contributed by atoms with Gasteiger partial charge in [-0.2, -0.15) is 0 Å². The molecule has 4 nitrogen and oxygen atoms in total. The van der Waals surface area contributed by atoms with Crippen LogP contribution in [0.15, 0.2) is 71.1 Å². The highest BCUT2D eigenvalue weighted by atomic mass is 16.5. The Morgan fingerprint density at radius 1 is 1.00 bits per heavy atom. The summed E-state index contributed by atoms with van der Waals surface area (Å²) in [5.74, 6) is 0.0468. The van der Waals surface area contributed by atoms with E-state index in [1.54, 1.807) is 6.07 Å². The summed E-state index contributed by atoms with van der Waals surface area (Å²) >= 11 is 0. The predicted molar refractivity (Wildman–Crippen MR) is 81.9 cm³/mol. The molecule has 0 aliphatic heterocycles. The van der Waals surface area contributed by atoms with Crippen LogP contribution in [0, 0.1) is 0 Å². The summed E-state index contributed by atoms with van der Waals surface area (Å²) in [5, 5.41) is 8.89. The Bertz CT molecular complexity index is 775. The van der Waals surface area contributed by atoms with Gasteiger partial charge >= 0.3 is 5.97 Å². The van der Waals surface area contributed by atoms with Crippen molar-refractivity contribution in [2.45, 2.75) is 6.61 Å². The molecule has 0 aliphatic carbocycles. The van der Waals surface area contributed by atoms with Gasteiger partial charge in [0.05, 0.1) is 0 Å². The summed E-state index contributed by atoms with van der Waals surface area (Å²) in [5.41, 5.74) is 1.86. The third-order valence-corrected chi connectivity index (χ3v) is 3.18. The third kappa shape index (κ3) is 3.17. The van der Waals surface area contributed by atoms with Crippen LogP contribution in [0.1, 0.15) is 16.1 Å². The van der Waals surface area contributed by atoms with E-state index in [1.807, 2.05) is 54.6 Å². The van der Waals surface area contributed by atoms with Gasteiger partial charge in [-0.1, -0.05) is 42.5 Å². The molecule has 0 saturated heterocycles. The minimum atomic E-state index is -1.08. The SMILES string of the molecule is O=C(O)c1ccc(-c2cccc(OCc3ccccc3)c2)o1. The summed E-state index contributed by atoms with van der Waals surface area (Å²) in [7, 11) is 0. The standard InChI is InChI=1S/C18H14O4/c19-18(20)17-10-9-16(22-17)14-7-4-8-15(11-14)21-12-13-5-2-1-3-6-13/h1-11H,12H2,(H,19,20). The van der Waals surface area contributed by atoms with Crippen molar-refractivity contribution in [3.8, 4) is 17.1 Å². The normalized spacial score (nSPS) is 10.4. The van der Waals surface area contributed by atoms with Gasteiger partial charge < -0.3 is 14.3 Å². The van der Waals surface area contributed by atoms with Gasteiger partial charge in [0.15, 0.2) is 0 Å². The van der Waals surface area contributed by atoms with Crippen molar-refractivity contribution in [2.24, 2.45) is 0 Å². The van der Waals surface area contributed by atoms with Crippen molar-refractivity contribution >= 4 is 5.97 Å². The number of ether oxygens (including phenoxy) is 1. The number of carboxylic acids is 1. The number of hydrogen-bond acceptors (Lipinski definition) is 3. The van der Waals surface area contributed by atoms with Crippen molar-refractivity contribution < 1.29 is 19.1 Å². The van der Waals surface area contributed by atoms with Crippen LogP contribution < -0.4 is 4.74 Å². The Balaban J connectivity index is 1.75. The van der Waals surface area contributed by atoms with E-state index in [0.29, 0.717) is 18.1 Å². The topological polar surface area (TPSA) is 59.7 Å². The van der Waals surface area contributed by atoms with Crippen molar-refractivity contribution in [1.29, 1.82) is 0 Å². The molecule has 3 rings (SSSR count). The van der Waals surface area contributed by atoms with Crippen LogP contribution in [0.5, 0.6) is 5.75 Å². The van der Waals surface area contributed by atoms with E-state index in [2.05, 4.69) is 0 Å². The minimum absolute atomic E-state index is 0.0781. The average molecular weight is 294 g/mol. The van der Waals surface area contributed by atoms with Gasteiger partial charge in [-0.05, 0) is 29.8 Å². The number of hydrogen-bond donors (Lipinski definition) is 1. The van der Waals surface area contributed by atoms with E-state index in [1.165, 1.54) is 6.07 Å². The largest absolute Gasteiger partial charge is 0.489 e. The highest BCUT2D eigenvalue weighted by molar-refractivity contribution is 5.85. The van der Waals surface area contributed by atoms with Crippen LogP contribution in [0.3, 0.4) is 0 Å². The zero-order valence-corrected chi connectivity index (χ0v) is 11.7. The van der Waals surface area contributed by atoms with E-state index in [4.69, 9.17) is 14.3 Å². The Hall–Kier alpha value is -3.01. The van der Waals surface area contributed by atoms with Gasteiger partial charge in [0.25, 0.3) is 0 Å². The smallest absolute Gasteiger partial charge is 0.371 e. The fraction of sp³-hybridized carbons (Fsp3) is 0.0556. The number of benzene rings is 2. The van der Waals surface area contributed by atoms with Crippen LogP contribution >= 0.6 is 0 Å². The molecule has 110 valence electrons. The first-order valence-electron chi connectivity index (χ1n) is 6.83. The fourth-order valence-electron chi connectivity index (χ4n) is 2.09. The molecule has 0 unspecified atom stereocenters. The van der Waals surface area contributed by atoms with Crippen molar-refractivity contribution in [3.63, 3.8) is 0 Å². The molecule has 0 aliphatic rings. The van der Waals surface area contributed by atoms with Crippen LogP contribution in [0.4, 0.5) is 0 Å². The average Bonchev–Trinajstić information content (AvgIpc) is 3.05. The molecule has 0 amide bonds. The lowest BCUT2D eigenvalue weighted by atomic mass is 10.1. The molecule has 22 heavy (non-hydrogen) atoms. The monoisotopic (exact) mass is 294 g/mol. The second kappa shape index (κ2) is 6.18. The lowest BCUT2D eigenvalue weighted by Crippen LogP contribution is -1.95. The second-order valence-electron chi connectivity index (χ2n) is 4.77. The Morgan fingerprint density at radius 3 is 2.55 bits per heavy atom. The van der Waals surface area contributed by atoms with Gasteiger partial charge in [-0.25, -0.2) is 4.79 Å². The maximum Gasteiger partial charge on any atom is 0.371 e. The molecule has 3 aromatic rings. The summed E-state index contributed by atoms with van der Waals surface area (Å²) in [4.78, 5) is 10.9. The minimum Gasteiger partial charge on any atom is -0.489 e. The van der Waals surface area contributed by atoms with Crippen LogP contribution in [-0.2, 0) is 6.61 Å². The van der Waals surface area contributed by atoms with Gasteiger partial charge in [0, 0.05) is 5.56 Å². The molecule has 1 aromatic heterocycles. The first kappa shape index (κ1) is 13.9. The highest BCUT2D eigenvalue weighted by Crippen LogP contribution is 2.26. The number of rotatable bonds is 5. The number of carbonyl (C=O) groups is 1. The van der Waals surface area contributed by atoms with Crippen LogP contribution in [0.25, 0.3) is 11.3 Å². The predicted octanol–water partition coefficient (Wildman–Crippen LogP) is 4.22. The molecule has 1 N–H and O–H groups in total. The van der Waals surface area contributed by atoms with Gasteiger partial charge in [-0.3, -0.25) is 0 Å². The van der Waals surface area contributed by atoms with E-state index >= 15 is 0 Å². The number of carboxylic acid groups (broad SMARTS) is 1. The summed E-state index contributed by atoms with van der Waals surface area (Å²) in [6, 6.07) is 20.3. The first-order valence-corrected chi connectivity index (χ1v) is 6.83. The molecule has 0 radical (unpaired) electrons. The van der Waals surface area contributed by atoms with Crippen LogP contribution in [-0.4, -0.2) is 11.1 Å². The quantitative estimate of drug-likeness (QED) is 0.765. The molecule has 0 fully saturated rings. The lowest BCUT2D eigenvalue weighted by molar-refractivity contribution is 0.0663. The molecule has 4 heteroatoms. The Kier molecular flexibility index (Phi) is 3.92. The molecule has 0 bridgehead atoms. The van der Waals surface area contributed by atoms with E-state index in [-0.39, 0.29) is 5.76 Å². The first-order chi connectivity index (χ1) is 10.7. The number of aromatic carboxylic acids is 1. The summed E-state index contributed by atoms with van der Waals surface area (Å²) in [6.07, 6.45) is 0. The highest BCUT2D eigenvalue weighted by Gasteiger charge is 2.10. The maximum atomic E-state index is 10.9. The molecule has 1 heterocycles. The van der Waals surface area contributed by atoms with Gasteiger partial charge in [0.2, 0.25) is 5.76 Å². The number of furan rings is 1. The molecule has 2 aromatic carbocycles.